The van der Waals surface area contributed by atoms with Gasteiger partial charge in [0, 0.05) is 0 Å². The largest absolute Gasteiger partial charge is 0.396 e. The van der Waals surface area contributed by atoms with Gasteiger partial charge in [-0.2, -0.15) is 5.10 Å². The van der Waals surface area contributed by atoms with E-state index in [1.54, 1.807) is 0 Å². The summed E-state index contributed by atoms with van der Waals surface area (Å²) in [7, 11) is 0. The maximum Gasteiger partial charge on any atom is 0.0827 e. The standard InChI is InChI=1S/C13H17N3/c1-8-5-9(2)13(10(3)6-8)16-7-12(14)11(4)15-16/h5-7H,14H2,1-4H3. The normalized spacial score (nSPS) is 10.8. The first kappa shape index (κ1) is 10.7. The van der Waals surface area contributed by atoms with Gasteiger partial charge in [0.25, 0.3) is 0 Å². The Bertz CT molecular complexity index is 496. The number of nitrogens with zero attached hydrogens (tertiary/aromatic N) is 2. The lowest BCUT2D eigenvalue weighted by molar-refractivity contribution is 0.848. The zero-order valence-corrected chi connectivity index (χ0v) is 10.2. The topological polar surface area (TPSA) is 43.8 Å². The van der Waals surface area contributed by atoms with Crippen LogP contribution >= 0.6 is 0 Å². The zero-order valence-electron chi connectivity index (χ0n) is 10.2. The van der Waals surface area contributed by atoms with Crippen LogP contribution in [0, 0.1) is 27.7 Å². The van der Waals surface area contributed by atoms with Crippen LogP contribution in [0.25, 0.3) is 5.69 Å². The number of rotatable bonds is 1. The summed E-state index contributed by atoms with van der Waals surface area (Å²) in [6.45, 7) is 8.22. The third-order valence-corrected chi connectivity index (χ3v) is 2.80. The lowest BCUT2D eigenvalue weighted by atomic mass is 10.1. The molecule has 0 bridgehead atoms. The van der Waals surface area contributed by atoms with Crippen molar-refractivity contribution in [3.63, 3.8) is 0 Å². The molecule has 0 saturated carbocycles. The predicted octanol–water partition coefficient (Wildman–Crippen LogP) is 2.69. The molecule has 1 aromatic heterocycles. The van der Waals surface area contributed by atoms with Gasteiger partial charge < -0.3 is 5.73 Å². The second-order valence-corrected chi connectivity index (χ2v) is 4.36. The van der Waals surface area contributed by atoms with Gasteiger partial charge in [0.15, 0.2) is 0 Å². The molecule has 1 heterocycles. The summed E-state index contributed by atoms with van der Waals surface area (Å²) in [6, 6.07) is 4.32. The molecule has 0 aliphatic rings. The van der Waals surface area contributed by atoms with E-state index in [1.807, 2.05) is 17.8 Å². The Morgan fingerprint density at radius 2 is 1.62 bits per heavy atom. The Balaban J connectivity index is 2.64. The molecule has 0 unspecified atom stereocenters. The third-order valence-electron chi connectivity index (χ3n) is 2.80. The Labute approximate surface area is 95.9 Å². The second-order valence-electron chi connectivity index (χ2n) is 4.36. The molecule has 0 saturated heterocycles. The maximum absolute atomic E-state index is 5.82. The van der Waals surface area contributed by atoms with Crippen LogP contribution < -0.4 is 5.73 Å². The van der Waals surface area contributed by atoms with E-state index < -0.39 is 0 Å². The minimum atomic E-state index is 0.736. The first-order valence-corrected chi connectivity index (χ1v) is 5.39. The fourth-order valence-electron chi connectivity index (χ4n) is 2.12. The lowest BCUT2D eigenvalue weighted by Crippen LogP contribution is -2.01. The molecule has 1 aromatic carbocycles. The molecule has 84 valence electrons. The van der Waals surface area contributed by atoms with Crippen LogP contribution in [0.4, 0.5) is 5.69 Å². The average Bonchev–Trinajstić information content (AvgIpc) is 2.44. The molecule has 0 fully saturated rings. The Morgan fingerprint density at radius 3 is 2.06 bits per heavy atom. The zero-order chi connectivity index (χ0) is 11.9. The van der Waals surface area contributed by atoms with Crippen molar-refractivity contribution in [2.75, 3.05) is 5.73 Å². The molecule has 2 rings (SSSR count). The third kappa shape index (κ3) is 1.69. The summed E-state index contributed by atoms with van der Waals surface area (Å²) < 4.78 is 1.87. The number of aromatic nitrogens is 2. The van der Waals surface area contributed by atoms with E-state index >= 15 is 0 Å². The van der Waals surface area contributed by atoms with E-state index in [-0.39, 0.29) is 0 Å². The molecule has 0 aliphatic heterocycles. The Kier molecular flexibility index (Phi) is 2.46. The highest BCUT2D eigenvalue weighted by Gasteiger charge is 2.09. The van der Waals surface area contributed by atoms with Crippen LogP contribution in [-0.2, 0) is 0 Å². The van der Waals surface area contributed by atoms with Gasteiger partial charge in [-0.25, -0.2) is 4.68 Å². The molecule has 0 spiro atoms. The van der Waals surface area contributed by atoms with Gasteiger partial charge in [0.05, 0.1) is 23.3 Å². The summed E-state index contributed by atoms with van der Waals surface area (Å²) in [5.74, 6) is 0. The molecule has 0 amide bonds. The number of nitrogen functional groups attached to an aromatic ring is 1. The Hall–Kier alpha value is -1.77. The van der Waals surface area contributed by atoms with Gasteiger partial charge in [-0.3, -0.25) is 0 Å². The minimum absolute atomic E-state index is 0.736. The number of anilines is 1. The highest BCUT2D eigenvalue weighted by atomic mass is 15.3. The van der Waals surface area contributed by atoms with Crippen LogP contribution in [0.5, 0.6) is 0 Å². The fraction of sp³-hybridized carbons (Fsp3) is 0.308. The van der Waals surface area contributed by atoms with E-state index in [0.29, 0.717) is 0 Å². The average molecular weight is 215 g/mol. The van der Waals surface area contributed by atoms with Gasteiger partial charge in [-0.05, 0) is 38.8 Å². The molecule has 0 radical (unpaired) electrons. The van der Waals surface area contributed by atoms with Crippen LogP contribution in [0.15, 0.2) is 18.3 Å². The monoisotopic (exact) mass is 215 g/mol. The fourth-order valence-corrected chi connectivity index (χ4v) is 2.12. The van der Waals surface area contributed by atoms with Crippen molar-refractivity contribution in [2.24, 2.45) is 0 Å². The van der Waals surface area contributed by atoms with Crippen LogP contribution in [-0.4, -0.2) is 9.78 Å². The highest BCUT2D eigenvalue weighted by molar-refractivity contribution is 5.51. The molecule has 3 heteroatoms. The first-order chi connectivity index (χ1) is 7.49. The number of nitrogens with two attached hydrogens (primary N) is 1. The van der Waals surface area contributed by atoms with Gasteiger partial charge >= 0.3 is 0 Å². The quantitative estimate of drug-likeness (QED) is 0.794. The number of hydrogen-bond donors (Lipinski definition) is 1. The number of aryl methyl sites for hydroxylation is 4. The molecule has 2 aromatic rings. The van der Waals surface area contributed by atoms with Crippen molar-refractivity contribution in [3.05, 3.63) is 40.7 Å². The lowest BCUT2D eigenvalue weighted by Gasteiger charge is -2.10. The summed E-state index contributed by atoms with van der Waals surface area (Å²) >= 11 is 0. The van der Waals surface area contributed by atoms with Crippen LogP contribution in [0.2, 0.25) is 0 Å². The van der Waals surface area contributed by atoms with Crippen LogP contribution in [0.3, 0.4) is 0 Å². The van der Waals surface area contributed by atoms with E-state index in [9.17, 15) is 0 Å². The molecule has 0 aliphatic carbocycles. The first-order valence-electron chi connectivity index (χ1n) is 5.39. The number of hydrogen-bond acceptors (Lipinski definition) is 2. The van der Waals surface area contributed by atoms with Crippen molar-refractivity contribution in [2.45, 2.75) is 27.7 Å². The van der Waals surface area contributed by atoms with Gasteiger partial charge in [-0.1, -0.05) is 17.7 Å². The minimum Gasteiger partial charge on any atom is -0.396 e. The van der Waals surface area contributed by atoms with E-state index in [4.69, 9.17) is 5.73 Å². The summed E-state index contributed by atoms with van der Waals surface area (Å²) in [4.78, 5) is 0. The molecule has 2 N–H and O–H groups in total. The summed E-state index contributed by atoms with van der Waals surface area (Å²) in [5.41, 5.74) is 12.3. The van der Waals surface area contributed by atoms with Crippen LogP contribution in [0.1, 0.15) is 22.4 Å². The van der Waals surface area contributed by atoms with Gasteiger partial charge in [0.1, 0.15) is 0 Å². The molecule has 3 nitrogen and oxygen atoms in total. The molecule has 0 atom stereocenters. The van der Waals surface area contributed by atoms with Gasteiger partial charge in [-0.15, -0.1) is 0 Å². The summed E-state index contributed by atoms with van der Waals surface area (Å²) in [5, 5.41) is 4.42. The SMILES string of the molecule is Cc1cc(C)c(-n2cc(N)c(C)n2)c(C)c1. The van der Waals surface area contributed by atoms with Crippen molar-refractivity contribution in [1.82, 2.24) is 9.78 Å². The van der Waals surface area contributed by atoms with Crippen molar-refractivity contribution in [1.29, 1.82) is 0 Å². The smallest absolute Gasteiger partial charge is 0.0827 e. The maximum atomic E-state index is 5.82. The highest BCUT2D eigenvalue weighted by Crippen LogP contribution is 2.22. The van der Waals surface area contributed by atoms with E-state index in [0.717, 1.165) is 17.1 Å². The molecular weight excluding hydrogens is 198 g/mol. The molecular formula is C13H17N3. The second kappa shape index (κ2) is 3.67. The van der Waals surface area contributed by atoms with Gasteiger partial charge in [0.2, 0.25) is 0 Å². The summed E-state index contributed by atoms with van der Waals surface area (Å²) in [6.07, 6.45) is 1.88. The van der Waals surface area contributed by atoms with Crippen molar-refractivity contribution in [3.8, 4) is 5.69 Å². The Morgan fingerprint density at radius 1 is 1.06 bits per heavy atom. The predicted molar refractivity (Wildman–Crippen MR) is 66.9 cm³/mol. The van der Waals surface area contributed by atoms with Crippen molar-refractivity contribution >= 4 is 5.69 Å². The number of benzene rings is 1. The molecule has 16 heavy (non-hydrogen) atoms. The van der Waals surface area contributed by atoms with E-state index in [2.05, 4.69) is 38.0 Å². The van der Waals surface area contributed by atoms with E-state index in [1.165, 1.54) is 16.7 Å². The van der Waals surface area contributed by atoms with Crippen molar-refractivity contribution < 1.29 is 0 Å².